The number of nitrogen functional groups attached to an aromatic ring is 1. The summed E-state index contributed by atoms with van der Waals surface area (Å²) in [6.07, 6.45) is 1.36. The molecule has 0 radical (unpaired) electrons. The van der Waals surface area contributed by atoms with E-state index >= 15 is 0 Å². The molecule has 0 bridgehead atoms. The van der Waals surface area contributed by atoms with Crippen LogP contribution in [0, 0.1) is 11.6 Å². The Morgan fingerprint density at radius 3 is 2.52 bits per heavy atom. The number of carbonyl (C=O) groups is 1. The van der Waals surface area contributed by atoms with Gasteiger partial charge in [0.15, 0.2) is 0 Å². The lowest BCUT2D eigenvalue weighted by atomic mass is 10.2. The lowest BCUT2D eigenvalue weighted by molar-refractivity contribution is 0.0600. The fourth-order valence-corrected chi connectivity index (χ4v) is 2.47. The summed E-state index contributed by atoms with van der Waals surface area (Å²) < 4.78 is 31.8. The average molecular weight is 310 g/mol. The van der Waals surface area contributed by atoms with E-state index in [9.17, 15) is 13.6 Å². The number of hydrogen-bond acceptors (Lipinski definition) is 5. The maximum atomic E-state index is 13.6. The van der Waals surface area contributed by atoms with E-state index in [4.69, 9.17) is 5.73 Å². The van der Waals surface area contributed by atoms with Crippen LogP contribution in [0.15, 0.2) is 35.4 Å². The molecule has 0 unspecified atom stereocenters. The molecule has 0 atom stereocenters. The van der Waals surface area contributed by atoms with Crippen molar-refractivity contribution in [2.45, 2.75) is 10.6 Å². The quantitative estimate of drug-likeness (QED) is 0.534. The molecule has 0 spiro atoms. The lowest BCUT2D eigenvalue weighted by Crippen LogP contribution is -2.02. The molecule has 0 aliphatic rings. The second-order valence-electron chi connectivity index (χ2n) is 4.13. The van der Waals surface area contributed by atoms with Crippen molar-refractivity contribution >= 4 is 23.4 Å². The Balaban J connectivity index is 2.08. The number of nitrogens with zero attached hydrogens (tertiary/aromatic N) is 1. The van der Waals surface area contributed by atoms with Crippen molar-refractivity contribution < 1.29 is 18.3 Å². The topological polar surface area (TPSA) is 65.2 Å². The number of pyridine rings is 1. The number of ether oxygens (including phenoxy) is 1. The molecule has 1 heterocycles. The van der Waals surface area contributed by atoms with Crippen molar-refractivity contribution in [2.75, 3.05) is 12.8 Å². The molecular formula is C14H12F2N2O2S. The van der Waals surface area contributed by atoms with Gasteiger partial charge < -0.3 is 10.5 Å². The van der Waals surface area contributed by atoms with E-state index in [1.165, 1.54) is 13.3 Å². The van der Waals surface area contributed by atoms with Crippen LogP contribution in [0.5, 0.6) is 0 Å². The lowest BCUT2D eigenvalue weighted by Gasteiger charge is -2.06. The van der Waals surface area contributed by atoms with Gasteiger partial charge in [-0.25, -0.2) is 13.6 Å². The number of benzene rings is 1. The SMILES string of the molecule is COC(=O)c1ccc(CSc2c(F)cc(N)cc2F)nc1. The van der Waals surface area contributed by atoms with Crippen molar-refractivity contribution in [1.82, 2.24) is 4.98 Å². The van der Waals surface area contributed by atoms with Crippen LogP contribution in [0.2, 0.25) is 0 Å². The molecule has 2 rings (SSSR count). The minimum absolute atomic E-state index is 0.0369. The molecule has 1 aromatic heterocycles. The first kappa shape index (κ1) is 15.2. The van der Waals surface area contributed by atoms with Gasteiger partial charge >= 0.3 is 5.97 Å². The number of nitrogens with two attached hydrogens (primary N) is 1. The van der Waals surface area contributed by atoms with Gasteiger partial charge in [0, 0.05) is 17.6 Å². The van der Waals surface area contributed by atoms with Gasteiger partial charge in [-0.15, -0.1) is 11.8 Å². The number of thioether (sulfide) groups is 1. The molecule has 2 aromatic rings. The van der Waals surface area contributed by atoms with Crippen LogP contribution < -0.4 is 5.73 Å². The molecule has 0 amide bonds. The Kier molecular flexibility index (Phi) is 4.74. The third-order valence-electron chi connectivity index (χ3n) is 2.63. The van der Waals surface area contributed by atoms with Gasteiger partial charge in [-0.2, -0.15) is 0 Å². The summed E-state index contributed by atoms with van der Waals surface area (Å²) >= 11 is 0.971. The van der Waals surface area contributed by atoms with Crippen molar-refractivity contribution in [2.24, 2.45) is 0 Å². The van der Waals surface area contributed by atoms with E-state index < -0.39 is 17.6 Å². The van der Waals surface area contributed by atoms with Crippen LogP contribution in [-0.4, -0.2) is 18.1 Å². The Hall–Kier alpha value is -2.15. The molecule has 2 N–H and O–H groups in total. The molecule has 0 aliphatic carbocycles. The monoisotopic (exact) mass is 310 g/mol. The van der Waals surface area contributed by atoms with Crippen LogP contribution in [0.25, 0.3) is 0 Å². The minimum atomic E-state index is -0.705. The summed E-state index contributed by atoms with van der Waals surface area (Å²) in [5, 5.41) is 0. The van der Waals surface area contributed by atoms with Crippen LogP contribution in [-0.2, 0) is 10.5 Å². The average Bonchev–Trinajstić information content (AvgIpc) is 2.46. The van der Waals surface area contributed by atoms with Crippen LogP contribution in [0.3, 0.4) is 0 Å². The smallest absolute Gasteiger partial charge is 0.339 e. The summed E-state index contributed by atoms with van der Waals surface area (Å²) in [6.45, 7) is 0. The Bertz CT molecular complexity index is 640. The maximum Gasteiger partial charge on any atom is 0.339 e. The molecule has 4 nitrogen and oxygen atoms in total. The largest absolute Gasteiger partial charge is 0.465 e. The minimum Gasteiger partial charge on any atom is -0.465 e. The Morgan fingerprint density at radius 1 is 1.33 bits per heavy atom. The highest BCUT2D eigenvalue weighted by atomic mass is 32.2. The predicted octanol–water partition coefficient (Wildman–Crippen LogP) is 3.02. The van der Waals surface area contributed by atoms with Crippen LogP contribution in [0.4, 0.5) is 14.5 Å². The zero-order chi connectivity index (χ0) is 15.4. The normalized spacial score (nSPS) is 10.4. The molecular weight excluding hydrogens is 298 g/mol. The second-order valence-corrected chi connectivity index (χ2v) is 5.12. The second kappa shape index (κ2) is 6.53. The van der Waals surface area contributed by atoms with Gasteiger partial charge in [0.2, 0.25) is 0 Å². The van der Waals surface area contributed by atoms with E-state index in [1.807, 2.05) is 0 Å². The van der Waals surface area contributed by atoms with E-state index in [-0.39, 0.29) is 16.3 Å². The summed E-state index contributed by atoms with van der Waals surface area (Å²) in [5.74, 6) is -1.64. The predicted molar refractivity (Wildman–Crippen MR) is 75.9 cm³/mol. The van der Waals surface area contributed by atoms with E-state index in [0.29, 0.717) is 11.3 Å². The van der Waals surface area contributed by atoms with Crippen LogP contribution >= 0.6 is 11.8 Å². The summed E-state index contributed by atoms with van der Waals surface area (Å²) in [4.78, 5) is 15.2. The van der Waals surface area contributed by atoms with E-state index in [0.717, 1.165) is 23.9 Å². The molecule has 0 saturated carbocycles. The highest BCUT2D eigenvalue weighted by Gasteiger charge is 2.12. The zero-order valence-corrected chi connectivity index (χ0v) is 11.9. The van der Waals surface area contributed by atoms with Gasteiger partial charge in [-0.05, 0) is 24.3 Å². The standard InChI is InChI=1S/C14H12F2N2O2S/c1-20-14(19)8-2-3-10(18-6-8)7-21-13-11(15)4-9(17)5-12(13)16/h2-6H,7,17H2,1H3. The van der Waals surface area contributed by atoms with Gasteiger partial charge in [0.1, 0.15) is 11.6 Å². The summed E-state index contributed by atoms with van der Waals surface area (Å²) in [6, 6.07) is 5.29. The number of esters is 1. The Labute approximate surface area is 124 Å². The van der Waals surface area contributed by atoms with E-state index in [1.54, 1.807) is 12.1 Å². The maximum absolute atomic E-state index is 13.6. The van der Waals surface area contributed by atoms with E-state index in [2.05, 4.69) is 9.72 Å². The third kappa shape index (κ3) is 3.69. The number of methoxy groups -OCH3 is 1. The van der Waals surface area contributed by atoms with Crippen molar-refractivity contribution in [3.05, 3.63) is 53.4 Å². The molecule has 1 aromatic carbocycles. The highest BCUT2D eigenvalue weighted by molar-refractivity contribution is 7.98. The van der Waals surface area contributed by atoms with Gasteiger partial charge in [0.05, 0.1) is 23.3 Å². The molecule has 110 valence electrons. The molecule has 7 heteroatoms. The number of rotatable bonds is 4. The van der Waals surface area contributed by atoms with Crippen molar-refractivity contribution in [1.29, 1.82) is 0 Å². The first-order chi connectivity index (χ1) is 10.0. The molecule has 0 aliphatic heterocycles. The number of hydrogen-bond donors (Lipinski definition) is 1. The van der Waals surface area contributed by atoms with Gasteiger partial charge in [0.25, 0.3) is 0 Å². The first-order valence-corrected chi connectivity index (χ1v) is 6.90. The number of anilines is 1. The molecule has 0 saturated heterocycles. The van der Waals surface area contributed by atoms with Crippen molar-refractivity contribution in [3.63, 3.8) is 0 Å². The number of carbonyl (C=O) groups excluding carboxylic acids is 1. The first-order valence-electron chi connectivity index (χ1n) is 5.92. The van der Waals surface area contributed by atoms with Crippen LogP contribution in [0.1, 0.15) is 16.1 Å². The molecule has 0 fully saturated rings. The summed E-state index contributed by atoms with van der Waals surface area (Å²) in [7, 11) is 1.28. The van der Waals surface area contributed by atoms with Gasteiger partial charge in [-0.3, -0.25) is 4.98 Å². The zero-order valence-electron chi connectivity index (χ0n) is 11.1. The molecule has 21 heavy (non-hydrogen) atoms. The highest BCUT2D eigenvalue weighted by Crippen LogP contribution is 2.29. The number of halogens is 2. The Morgan fingerprint density at radius 2 is 2.00 bits per heavy atom. The summed E-state index contributed by atoms with van der Waals surface area (Å²) in [5.41, 5.74) is 6.29. The number of aromatic nitrogens is 1. The third-order valence-corrected chi connectivity index (χ3v) is 3.75. The van der Waals surface area contributed by atoms with Gasteiger partial charge in [-0.1, -0.05) is 0 Å². The fourth-order valence-electron chi connectivity index (χ4n) is 1.61. The fraction of sp³-hybridized carbons (Fsp3) is 0.143. The van der Waals surface area contributed by atoms with Crippen molar-refractivity contribution in [3.8, 4) is 0 Å².